The molecule has 3 aromatic rings. The second kappa shape index (κ2) is 5.68. The van der Waals surface area contributed by atoms with Gasteiger partial charge < -0.3 is 14.5 Å². The number of rotatable bonds is 5. The molecule has 0 amide bonds. The molecule has 0 aliphatic carbocycles. The first-order valence-electron chi connectivity index (χ1n) is 6.44. The number of aryl methyl sites for hydroxylation is 2. The first kappa shape index (κ1) is 14.4. The molecule has 9 heteroatoms. The second-order valence-corrected chi connectivity index (χ2v) is 5.60. The number of aliphatic carboxylic acids is 1. The van der Waals surface area contributed by atoms with Crippen molar-refractivity contribution < 1.29 is 14.3 Å². The number of thioether (sulfide) groups is 1. The number of H-pyrrole nitrogens is 2. The van der Waals surface area contributed by atoms with Gasteiger partial charge >= 0.3 is 5.97 Å². The molecule has 0 bridgehead atoms. The van der Waals surface area contributed by atoms with E-state index in [0.717, 1.165) is 28.7 Å². The molecule has 0 saturated carbocycles. The molecular formula is C13H13N5O3S. The molecule has 8 nitrogen and oxygen atoms in total. The minimum atomic E-state index is -0.908. The number of carbonyl (C=O) groups is 1. The molecule has 0 atom stereocenters. The van der Waals surface area contributed by atoms with Crippen LogP contribution < -0.4 is 0 Å². The van der Waals surface area contributed by atoms with E-state index in [1.165, 1.54) is 0 Å². The quantitative estimate of drug-likeness (QED) is 0.617. The van der Waals surface area contributed by atoms with Crippen LogP contribution in [0.5, 0.6) is 0 Å². The Hall–Kier alpha value is -2.55. The van der Waals surface area contributed by atoms with Gasteiger partial charge in [-0.05, 0) is 26.0 Å². The average molecular weight is 319 g/mol. The van der Waals surface area contributed by atoms with Crippen molar-refractivity contribution >= 4 is 17.7 Å². The number of hydrogen-bond acceptors (Lipinski definition) is 6. The molecule has 0 fully saturated rings. The van der Waals surface area contributed by atoms with Gasteiger partial charge in [0.2, 0.25) is 0 Å². The maximum absolute atomic E-state index is 10.5. The molecule has 3 rings (SSSR count). The van der Waals surface area contributed by atoms with Gasteiger partial charge in [0.05, 0.1) is 17.0 Å². The summed E-state index contributed by atoms with van der Waals surface area (Å²) >= 11 is 1.07. The highest BCUT2D eigenvalue weighted by Crippen LogP contribution is 2.30. The van der Waals surface area contributed by atoms with Crippen molar-refractivity contribution in [3.8, 4) is 22.9 Å². The Morgan fingerprint density at radius 1 is 1.32 bits per heavy atom. The number of carboxylic acid groups (broad SMARTS) is 1. The lowest BCUT2D eigenvalue weighted by Gasteiger charge is -1.96. The zero-order chi connectivity index (χ0) is 15.7. The van der Waals surface area contributed by atoms with Gasteiger partial charge in [0.25, 0.3) is 0 Å². The molecule has 3 heterocycles. The minimum Gasteiger partial charge on any atom is -0.481 e. The zero-order valence-corrected chi connectivity index (χ0v) is 12.7. The molecular weight excluding hydrogens is 306 g/mol. The van der Waals surface area contributed by atoms with Gasteiger partial charge in [-0.15, -0.1) is 10.2 Å². The minimum absolute atomic E-state index is 0.0779. The predicted octanol–water partition coefficient (Wildman–Crippen LogP) is 2.25. The summed E-state index contributed by atoms with van der Waals surface area (Å²) < 4.78 is 5.80. The van der Waals surface area contributed by atoms with E-state index in [-0.39, 0.29) is 5.75 Å². The van der Waals surface area contributed by atoms with Crippen LogP contribution in [0.4, 0.5) is 0 Å². The van der Waals surface area contributed by atoms with Gasteiger partial charge in [-0.3, -0.25) is 9.89 Å². The number of aromatic nitrogens is 5. The average Bonchev–Trinajstić information content (AvgIpc) is 3.16. The number of hydrogen-bond donors (Lipinski definition) is 3. The van der Waals surface area contributed by atoms with Crippen LogP contribution in [0.25, 0.3) is 22.9 Å². The summed E-state index contributed by atoms with van der Waals surface area (Å²) in [4.78, 5) is 13.5. The molecule has 0 aromatic carbocycles. The third-order valence-electron chi connectivity index (χ3n) is 3.01. The normalized spacial score (nSPS) is 11.0. The topological polar surface area (TPSA) is 121 Å². The fraction of sp³-hybridized carbons (Fsp3) is 0.231. The van der Waals surface area contributed by atoms with E-state index in [9.17, 15) is 4.79 Å². The van der Waals surface area contributed by atoms with Crippen molar-refractivity contribution in [3.05, 3.63) is 23.5 Å². The van der Waals surface area contributed by atoms with Crippen molar-refractivity contribution in [2.24, 2.45) is 0 Å². The van der Waals surface area contributed by atoms with E-state index in [1.807, 2.05) is 19.9 Å². The standard InChI is InChI=1S/C13H13N5O3S/c1-6-11(7(2)16-15-6)8-3-4-9(21-8)12-14-13(18-17-12)22-5-10(19)20/h3-4H,5H2,1-2H3,(H,15,16)(H,19,20)(H,14,17,18). The highest BCUT2D eigenvalue weighted by Gasteiger charge is 2.16. The van der Waals surface area contributed by atoms with E-state index in [2.05, 4.69) is 25.4 Å². The van der Waals surface area contributed by atoms with E-state index >= 15 is 0 Å². The molecule has 0 saturated heterocycles. The predicted molar refractivity (Wildman–Crippen MR) is 79.5 cm³/mol. The Balaban J connectivity index is 1.84. The molecule has 0 unspecified atom stereocenters. The summed E-state index contributed by atoms with van der Waals surface area (Å²) in [5.41, 5.74) is 2.70. The monoisotopic (exact) mass is 319 g/mol. The molecule has 0 aliphatic heterocycles. The van der Waals surface area contributed by atoms with Crippen LogP contribution in [0, 0.1) is 13.8 Å². The van der Waals surface area contributed by atoms with Gasteiger partial charge in [-0.2, -0.15) is 5.10 Å². The molecule has 0 aliphatic rings. The van der Waals surface area contributed by atoms with Crippen molar-refractivity contribution in [2.75, 3.05) is 5.75 Å². The van der Waals surface area contributed by atoms with Crippen molar-refractivity contribution in [3.63, 3.8) is 0 Å². The van der Waals surface area contributed by atoms with Gasteiger partial charge in [-0.25, -0.2) is 0 Å². The summed E-state index contributed by atoms with van der Waals surface area (Å²) in [5.74, 6) is 0.692. The van der Waals surface area contributed by atoms with Crippen molar-refractivity contribution in [1.82, 2.24) is 25.4 Å². The summed E-state index contributed by atoms with van der Waals surface area (Å²) in [6, 6.07) is 3.63. The number of nitrogens with zero attached hydrogens (tertiary/aromatic N) is 3. The lowest BCUT2D eigenvalue weighted by molar-refractivity contribution is -0.133. The van der Waals surface area contributed by atoms with Gasteiger partial charge in [0.1, 0.15) is 5.76 Å². The number of aromatic amines is 2. The van der Waals surface area contributed by atoms with Crippen LogP contribution in [0.3, 0.4) is 0 Å². The summed E-state index contributed by atoms with van der Waals surface area (Å²) in [6.07, 6.45) is 0. The Kier molecular flexibility index (Phi) is 3.72. The number of carboxylic acids is 1. The van der Waals surface area contributed by atoms with E-state index < -0.39 is 5.97 Å². The van der Waals surface area contributed by atoms with E-state index in [1.54, 1.807) is 6.07 Å². The first-order chi connectivity index (χ1) is 10.5. The van der Waals surface area contributed by atoms with E-state index in [0.29, 0.717) is 22.5 Å². The summed E-state index contributed by atoms with van der Waals surface area (Å²) in [5, 5.41) is 24.0. The van der Waals surface area contributed by atoms with Crippen LogP contribution in [-0.2, 0) is 4.79 Å². The lowest BCUT2D eigenvalue weighted by atomic mass is 10.1. The smallest absolute Gasteiger partial charge is 0.313 e. The van der Waals surface area contributed by atoms with Gasteiger partial charge in [-0.1, -0.05) is 11.8 Å². The van der Waals surface area contributed by atoms with Crippen LogP contribution in [0.2, 0.25) is 0 Å². The SMILES string of the molecule is Cc1n[nH]c(C)c1-c1ccc(-c2nnc(SCC(=O)O)[nH]2)o1. The highest BCUT2D eigenvalue weighted by atomic mass is 32.2. The largest absolute Gasteiger partial charge is 0.481 e. The molecule has 0 radical (unpaired) electrons. The Bertz CT molecular complexity index is 800. The Morgan fingerprint density at radius 2 is 2.09 bits per heavy atom. The first-order valence-corrected chi connectivity index (χ1v) is 7.42. The lowest BCUT2D eigenvalue weighted by Crippen LogP contribution is -1.97. The Morgan fingerprint density at radius 3 is 2.77 bits per heavy atom. The van der Waals surface area contributed by atoms with Gasteiger partial charge in [0.15, 0.2) is 16.7 Å². The summed E-state index contributed by atoms with van der Waals surface area (Å²) in [6.45, 7) is 3.82. The van der Waals surface area contributed by atoms with Crippen LogP contribution in [0.1, 0.15) is 11.4 Å². The second-order valence-electron chi connectivity index (χ2n) is 4.63. The van der Waals surface area contributed by atoms with Crippen molar-refractivity contribution in [1.29, 1.82) is 0 Å². The maximum atomic E-state index is 10.5. The molecule has 114 valence electrons. The summed E-state index contributed by atoms with van der Waals surface area (Å²) in [7, 11) is 0. The third kappa shape index (κ3) is 2.75. The fourth-order valence-electron chi connectivity index (χ4n) is 2.07. The third-order valence-corrected chi connectivity index (χ3v) is 3.86. The van der Waals surface area contributed by atoms with Crippen LogP contribution in [0.15, 0.2) is 21.7 Å². The molecule has 3 N–H and O–H groups in total. The number of nitrogens with one attached hydrogen (secondary N) is 2. The number of furan rings is 1. The molecule has 3 aromatic heterocycles. The zero-order valence-electron chi connectivity index (χ0n) is 11.9. The molecule has 22 heavy (non-hydrogen) atoms. The van der Waals surface area contributed by atoms with Crippen LogP contribution >= 0.6 is 11.8 Å². The van der Waals surface area contributed by atoms with Crippen LogP contribution in [-0.4, -0.2) is 42.2 Å². The van der Waals surface area contributed by atoms with Crippen molar-refractivity contribution in [2.45, 2.75) is 19.0 Å². The van der Waals surface area contributed by atoms with E-state index in [4.69, 9.17) is 9.52 Å². The fourth-order valence-corrected chi connectivity index (χ4v) is 2.59. The Labute approximate surface area is 129 Å². The van der Waals surface area contributed by atoms with Gasteiger partial charge in [0, 0.05) is 5.69 Å². The molecule has 0 spiro atoms. The highest BCUT2D eigenvalue weighted by molar-refractivity contribution is 7.99. The maximum Gasteiger partial charge on any atom is 0.313 e.